The van der Waals surface area contributed by atoms with Crippen LogP contribution in [0.25, 0.3) is 11.0 Å². The summed E-state index contributed by atoms with van der Waals surface area (Å²) in [4.78, 5) is 4.23. The molecule has 0 radical (unpaired) electrons. The fourth-order valence-electron chi connectivity index (χ4n) is 1.71. The van der Waals surface area contributed by atoms with E-state index in [1.54, 1.807) is 12.3 Å². The highest BCUT2D eigenvalue weighted by Crippen LogP contribution is 2.32. The number of hydrogen-bond acceptors (Lipinski definition) is 6. The summed E-state index contributed by atoms with van der Waals surface area (Å²) in [5, 5.41) is 3.75. The molecule has 3 aromatic rings. The van der Waals surface area contributed by atoms with E-state index in [1.807, 2.05) is 19.1 Å². The molecule has 0 atom stereocenters. The molecule has 0 spiro atoms. The predicted octanol–water partition coefficient (Wildman–Crippen LogP) is 3.37. The lowest BCUT2D eigenvalue weighted by molar-refractivity contribution is 1.28. The van der Waals surface area contributed by atoms with E-state index in [1.165, 1.54) is 0 Å². The van der Waals surface area contributed by atoms with Gasteiger partial charge in [-0.1, -0.05) is 11.6 Å². The van der Waals surface area contributed by atoms with Gasteiger partial charge in [-0.15, -0.1) is 0 Å². The van der Waals surface area contributed by atoms with Gasteiger partial charge in [-0.25, -0.2) is 4.98 Å². The summed E-state index contributed by atoms with van der Waals surface area (Å²) in [6, 6.07) is 5.50. The molecule has 1 aromatic carbocycles. The fraction of sp³-hybridized carbons (Fsp3) is 0.0833. The van der Waals surface area contributed by atoms with E-state index in [4.69, 9.17) is 17.3 Å². The van der Waals surface area contributed by atoms with Crippen LogP contribution in [0.3, 0.4) is 0 Å². The first-order valence-electron chi connectivity index (χ1n) is 5.55. The number of nitrogen functional groups attached to an aromatic ring is 1. The number of aryl methyl sites for hydroxylation is 1. The van der Waals surface area contributed by atoms with Crippen LogP contribution >= 0.6 is 23.3 Å². The fourth-order valence-corrected chi connectivity index (χ4v) is 2.45. The van der Waals surface area contributed by atoms with E-state index in [9.17, 15) is 0 Å². The number of rotatable bonds is 2. The average Bonchev–Trinajstić information content (AvgIpc) is 2.86. The molecule has 19 heavy (non-hydrogen) atoms. The Bertz CT molecular complexity index is 755. The summed E-state index contributed by atoms with van der Waals surface area (Å²) < 4.78 is 8.43. The van der Waals surface area contributed by atoms with Crippen molar-refractivity contribution < 1.29 is 0 Å². The number of benzene rings is 1. The lowest BCUT2D eigenvalue weighted by Crippen LogP contribution is -1.98. The van der Waals surface area contributed by atoms with Gasteiger partial charge in [0, 0.05) is 0 Å². The van der Waals surface area contributed by atoms with Gasteiger partial charge in [0.25, 0.3) is 0 Å². The maximum absolute atomic E-state index is 6.20. The SMILES string of the molecule is Cc1cc(Nc2c(Cl)ccc3nsnc23)ncc1N. The molecule has 2 aromatic heterocycles. The third-order valence-electron chi connectivity index (χ3n) is 2.78. The van der Waals surface area contributed by atoms with Gasteiger partial charge in [-0.2, -0.15) is 8.75 Å². The van der Waals surface area contributed by atoms with Crippen LogP contribution in [0.1, 0.15) is 5.56 Å². The van der Waals surface area contributed by atoms with Gasteiger partial charge in [0.1, 0.15) is 16.9 Å². The zero-order valence-electron chi connectivity index (χ0n) is 10.0. The first-order chi connectivity index (χ1) is 9.15. The molecule has 0 aliphatic heterocycles. The van der Waals surface area contributed by atoms with E-state index in [0.717, 1.165) is 28.3 Å². The minimum absolute atomic E-state index is 0.580. The standard InChI is InChI=1S/C12H10ClN5S/c1-6-4-10(15-5-8(6)14)16-11-7(13)2-3-9-12(11)18-19-17-9/h2-5H,14H2,1H3,(H,15,16). The molecule has 0 saturated carbocycles. The van der Waals surface area contributed by atoms with E-state index >= 15 is 0 Å². The van der Waals surface area contributed by atoms with Crippen molar-refractivity contribution in [1.82, 2.24) is 13.7 Å². The van der Waals surface area contributed by atoms with Gasteiger partial charge in [0.15, 0.2) is 0 Å². The second-order valence-corrected chi connectivity index (χ2v) is 5.04. The van der Waals surface area contributed by atoms with Gasteiger partial charge in [0.2, 0.25) is 0 Å². The zero-order valence-corrected chi connectivity index (χ0v) is 11.6. The number of nitrogens with one attached hydrogen (secondary N) is 1. The molecule has 2 heterocycles. The van der Waals surface area contributed by atoms with Crippen molar-refractivity contribution in [2.75, 3.05) is 11.1 Å². The van der Waals surface area contributed by atoms with Gasteiger partial charge in [-0.3, -0.25) is 0 Å². The molecular formula is C12H10ClN5S. The lowest BCUT2D eigenvalue weighted by atomic mass is 10.2. The van der Waals surface area contributed by atoms with Crippen molar-refractivity contribution in [2.24, 2.45) is 0 Å². The van der Waals surface area contributed by atoms with Crippen LogP contribution in [-0.4, -0.2) is 13.7 Å². The highest BCUT2D eigenvalue weighted by molar-refractivity contribution is 7.00. The minimum Gasteiger partial charge on any atom is -0.397 e. The maximum atomic E-state index is 6.20. The molecule has 0 unspecified atom stereocenters. The minimum atomic E-state index is 0.580. The number of nitrogens with zero attached hydrogens (tertiary/aromatic N) is 3. The average molecular weight is 292 g/mol. The van der Waals surface area contributed by atoms with E-state index < -0.39 is 0 Å². The Morgan fingerprint density at radius 1 is 1.32 bits per heavy atom. The Hall–Kier alpha value is -1.92. The molecule has 7 heteroatoms. The highest BCUT2D eigenvalue weighted by Gasteiger charge is 2.11. The zero-order chi connectivity index (χ0) is 13.4. The van der Waals surface area contributed by atoms with Crippen LogP contribution in [0.15, 0.2) is 24.4 Å². The third kappa shape index (κ3) is 2.20. The van der Waals surface area contributed by atoms with Crippen LogP contribution in [0, 0.1) is 6.92 Å². The van der Waals surface area contributed by atoms with Gasteiger partial charge in [-0.05, 0) is 30.7 Å². The molecule has 0 aliphatic carbocycles. The number of anilines is 3. The Kier molecular flexibility index (Phi) is 2.96. The number of pyridine rings is 1. The summed E-state index contributed by atoms with van der Waals surface area (Å²) in [7, 11) is 0. The molecule has 5 nitrogen and oxygen atoms in total. The summed E-state index contributed by atoms with van der Waals surface area (Å²) in [6.07, 6.45) is 1.62. The monoisotopic (exact) mass is 291 g/mol. The van der Waals surface area contributed by atoms with Crippen molar-refractivity contribution >= 4 is 51.6 Å². The summed E-state index contributed by atoms with van der Waals surface area (Å²) in [6.45, 7) is 1.93. The Labute approximate surface area is 118 Å². The quantitative estimate of drug-likeness (QED) is 0.757. The number of nitrogens with two attached hydrogens (primary N) is 1. The van der Waals surface area contributed by atoms with Gasteiger partial charge >= 0.3 is 0 Å². The molecule has 3 N–H and O–H groups in total. The smallest absolute Gasteiger partial charge is 0.130 e. The van der Waals surface area contributed by atoms with E-state index in [2.05, 4.69) is 19.0 Å². The molecule has 0 bridgehead atoms. The lowest BCUT2D eigenvalue weighted by Gasteiger charge is -2.09. The first-order valence-corrected chi connectivity index (χ1v) is 6.66. The largest absolute Gasteiger partial charge is 0.397 e. The Balaban J connectivity index is 2.07. The first kappa shape index (κ1) is 12.1. The third-order valence-corrected chi connectivity index (χ3v) is 3.64. The Morgan fingerprint density at radius 3 is 2.95 bits per heavy atom. The number of halogens is 1. The van der Waals surface area contributed by atoms with Crippen molar-refractivity contribution in [3.63, 3.8) is 0 Å². The second-order valence-electron chi connectivity index (χ2n) is 4.11. The van der Waals surface area contributed by atoms with Crippen molar-refractivity contribution in [3.8, 4) is 0 Å². The van der Waals surface area contributed by atoms with Gasteiger partial charge in [0.05, 0.1) is 34.3 Å². The normalized spacial score (nSPS) is 10.8. The summed E-state index contributed by atoms with van der Waals surface area (Å²) >= 11 is 7.36. The van der Waals surface area contributed by atoms with Crippen LogP contribution in [0.4, 0.5) is 17.2 Å². The second kappa shape index (κ2) is 4.64. The predicted molar refractivity (Wildman–Crippen MR) is 79.1 cm³/mol. The van der Waals surface area contributed by atoms with E-state index in [0.29, 0.717) is 22.2 Å². The topological polar surface area (TPSA) is 76.7 Å². The van der Waals surface area contributed by atoms with Crippen LogP contribution in [0.5, 0.6) is 0 Å². The number of fused-ring (bicyclic) bond motifs is 1. The van der Waals surface area contributed by atoms with Gasteiger partial charge < -0.3 is 11.1 Å². The highest BCUT2D eigenvalue weighted by atomic mass is 35.5. The van der Waals surface area contributed by atoms with Crippen molar-refractivity contribution in [1.29, 1.82) is 0 Å². The van der Waals surface area contributed by atoms with Crippen LogP contribution in [0.2, 0.25) is 5.02 Å². The summed E-state index contributed by atoms with van der Waals surface area (Å²) in [5.74, 6) is 0.675. The molecule has 96 valence electrons. The number of hydrogen-bond donors (Lipinski definition) is 2. The van der Waals surface area contributed by atoms with Crippen molar-refractivity contribution in [3.05, 3.63) is 35.0 Å². The Morgan fingerprint density at radius 2 is 2.16 bits per heavy atom. The maximum Gasteiger partial charge on any atom is 0.130 e. The molecule has 0 amide bonds. The molecule has 0 fully saturated rings. The summed E-state index contributed by atoms with van der Waals surface area (Å²) in [5.41, 5.74) is 9.63. The molecule has 0 saturated heterocycles. The van der Waals surface area contributed by atoms with Crippen molar-refractivity contribution in [2.45, 2.75) is 6.92 Å². The number of aromatic nitrogens is 3. The van der Waals surface area contributed by atoms with Crippen LogP contribution in [-0.2, 0) is 0 Å². The van der Waals surface area contributed by atoms with Crippen LogP contribution < -0.4 is 11.1 Å². The molecular weight excluding hydrogens is 282 g/mol. The molecule has 3 rings (SSSR count). The van der Waals surface area contributed by atoms with E-state index in [-0.39, 0.29) is 0 Å². The molecule has 0 aliphatic rings.